The molecule has 2 atom stereocenters. The van der Waals surface area contributed by atoms with E-state index < -0.39 is 29.1 Å². The SMILES string of the molecule is O=C(Nc1cc(Oc2ccc3c(c2)CCC3)cc([N+](=O)[O-])c1)c1cnn2c1NC(c1ccco1)CC2C(F)(F)F. The largest absolute Gasteiger partial charge is 0.467 e. The Morgan fingerprint density at radius 1 is 1.15 bits per heavy atom. The second-order valence-corrected chi connectivity index (χ2v) is 9.67. The van der Waals surface area contributed by atoms with E-state index in [4.69, 9.17) is 9.15 Å². The number of carbonyl (C=O) groups excluding carboxylic acids is 1. The lowest BCUT2D eigenvalue weighted by Crippen LogP contribution is -2.36. The molecule has 2 aromatic carbocycles. The smallest absolute Gasteiger partial charge is 0.410 e. The Bertz CT molecular complexity index is 1600. The van der Waals surface area contributed by atoms with Gasteiger partial charge in [0, 0.05) is 18.6 Å². The number of fused-ring (bicyclic) bond motifs is 2. The number of benzene rings is 2. The van der Waals surface area contributed by atoms with E-state index in [1.807, 2.05) is 12.1 Å². The number of nitrogens with one attached hydrogen (secondary N) is 2. The average Bonchev–Trinajstić information content (AvgIpc) is 3.68. The van der Waals surface area contributed by atoms with Gasteiger partial charge in [-0.05, 0) is 54.7 Å². The fraction of sp³-hybridized carbons (Fsp3) is 0.259. The van der Waals surface area contributed by atoms with Gasteiger partial charge in [-0.15, -0.1) is 0 Å². The van der Waals surface area contributed by atoms with Crippen LogP contribution in [0.3, 0.4) is 0 Å². The van der Waals surface area contributed by atoms with Gasteiger partial charge < -0.3 is 19.8 Å². The number of hydrogen-bond donors (Lipinski definition) is 2. The van der Waals surface area contributed by atoms with Crippen LogP contribution in [0.5, 0.6) is 11.5 Å². The highest BCUT2D eigenvalue weighted by Gasteiger charge is 2.47. The minimum absolute atomic E-state index is 0.0288. The van der Waals surface area contributed by atoms with Crippen LogP contribution in [-0.4, -0.2) is 26.8 Å². The highest BCUT2D eigenvalue weighted by Crippen LogP contribution is 2.44. The van der Waals surface area contributed by atoms with Gasteiger partial charge in [-0.2, -0.15) is 18.3 Å². The zero-order valence-corrected chi connectivity index (χ0v) is 20.8. The number of aromatic nitrogens is 2. The van der Waals surface area contributed by atoms with Crippen LogP contribution >= 0.6 is 0 Å². The standard InChI is InChI=1S/C27H22F3N5O5/c28-27(29,30)24-13-22(23-5-2-8-39-23)33-25-21(14-31-34(24)25)26(36)32-17-10-18(35(37)38)12-20(11-17)40-19-7-6-15-3-1-4-16(15)9-19/h2,5-12,14,22,24,33H,1,3-4,13H2,(H,32,36). The summed E-state index contributed by atoms with van der Waals surface area (Å²) < 4.78 is 53.7. The fourth-order valence-corrected chi connectivity index (χ4v) is 5.17. The summed E-state index contributed by atoms with van der Waals surface area (Å²) in [6, 6.07) is 9.65. The molecule has 2 unspecified atom stereocenters. The van der Waals surface area contributed by atoms with Crippen LogP contribution in [0.2, 0.25) is 0 Å². The number of hydrogen-bond acceptors (Lipinski definition) is 7. The molecule has 4 aromatic rings. The second-order valence-electron chi connectivity index (χ2n) is 9.67. The molecule has 1 amide bonds. The Labute approximate surface area is 224 Å². The average molecular weight is 553 g/mol. The number of nitro groups is 1. The number of halogens is 3. The van der Waals surface area contributed by atoms with Crippen LogP contribution in [-0.2, 0) is 12.8 Å². The van der Waals surface area contributed by atoms with E-state index in [-0.39, 0.29) is 40.7 Å². The number of amides is 1. The lowest BCUT2D eigenvalue weighted by atomic mass is 10.0. The number of alkyl halides is 3. The highest BCUT2D eigenvalue weighted by atomic mass is 19.4. The first-order chi connectivity index (χ1) is 19.2. The summed E-state index contributed by atoms with van der Waals surface area (Å²) >= 11 is 0. The van der Waals surface area contributed by atoms with Crippen LogP contribution in [0.4, 0.5) is 30.4 Å². The van der Waals surface area contributed by atoms with Crippen LogP contribution in [0.1, 0.15) is 52.2 Å². The van der Waals surface area contributed by atoms with E-state index in [1.165, 1.54) is 24.0 Å². The topological polar surface area (TPSA) is 124 Å². The molecular formula is C27H22F3N5O5. The number of carbonyl (C=O) groups is 1. The molecule has 13 heteroatoms. The Balaban J connectivity index is 1.29. The molecule has 0 saturated heterocycles. The maximum Gasteiger partial charge on any atom is 0.410 e. The molecule has 3 heterocycles. The third-order valence-electron chi connectivity index (χ3n) is 7.04. The monoisotopic (exact) mass is 553 g/mol. The molecule has 2 aromatic heterocycles. The normalized spacial score (nSPS) is 18.0. The van der Waals surface area contributed by atoms with E-state index in [0.29, 0.717) is 5.75 Å². The van der Waals surface area contributed by atoms with Gasteiger partial charge in [0.2, 0.25) is 0 Å². The molecule has 0 spiro atoms. The summed E-state index contributed by atoms with van der Waals surface area (Å²) in [6.07, 6.45) is 0.312. The van der Waals surface area contributed by atoms with Crippen molar-refractivity contribution in [1.82, 2.24) is 9.78 Å². The van der Waals surface area contributed by atoms with Crippen molar-refractivity contribution in [2.45, 2.75) is 43.9 Å². The number of anilines is 2. The minimum atomic E-state index is -4.63. The van der Waals surface area contributed by atoms with Crippen LogP contribution in [0.25, 0.3) is 0 Å². The van der Waals surface area contributed by atoms with Crippen LogP contribution in [0, 0.1) is 10.1 Å². The van der Waals surface area contributed by atoms with Crippen molar-refractivity contribution in [3.63, 3.8) is 0 Å². The Kier molecular flexibility index (Phi) is 6.20. The zero-order chi connectivity index (χ0) is 28.0. The molecule has 2 N–H and O–H groups in total. The molecule has 0 saturated carbocycles. The van der Waals surface area contributed by atoms with Crippen LogP contribution < -0.4 is 15.4 Å². The van der Waals surface area contributed by atoms with E-state index >= 15 is 0 Å². The van der Waals surface area contributed by atoms with Crippen LogP contribution in [0.15, 0.2) is 65.4 Å². The second kappa shape index (κ2) is 9.74. The Morgan fingerprint density at radius 2 is 1.98 bits per heavy atom. The summed E-state index contributed by atoms with van der Waals surface area (Å²) in [5.41, 5.74) is 1.91. The predicted molar refractivity (Wildman–Crippen MR) is 137 cm³/mol. The van der Waals surface area contributed by atoms with Gasteiger partial charge in [0.05, 0.1) is 35.2 Å². The van der Waals surface area contributed by atoms with Crippen molar-refractivity contribution >= 4 is 23.1 Å². The first kappa shape index (κ1) is 25.5. The maximum absolute atomic E-state index is 13.9. The van der Waals surface area contributed by atoms with Gasteiger partial charge in [-0.1, -0.05) is 6.07 Å². The molecule has 0 radical (unpaired) electrons. The predicted octanol–water partition coefficient (Wildman–Crippen LogP) is 6.58. The van der Waals surface area contributed by atoms with Crippen molar-refractivity contribution in [3.05, 3.63) is 93.6 Å². The lowest BCUT2D eigenvalue weighted by molar-refractivity contribution is -0.384. The lowest BCUT2D eigenvalue weighted by Gasteiger charge is -2.32. The molecule has 10 nitrogen and oxygen atoms in total. The first-order valence-corrected chi connectivity index (χ1v) is 12.5. The molecule has 0 bridgehead atoms. The summed E-state index contributed by atoms with van der Waals surface area (Å²) in [4.78, 5) is 24.2. The summed E-state index contributed by atoms with van der Waals surface area (Å²) in [5, 5.41) is 20.9. The number of rotatable bonds is 6. The summed E-state index contributed by atoms with van der Waals surface area (Å²) in [7, 11) is 0. The van der Waals surface area contributed by atoms with Gasteiger partial charge >= 0.3 is 6.18 Å². The fourth-order valence-electron chi connectivity index (χ4n) is 5.17. The minimum Gasteiger partial charge on any atom is -0.467 e. The molecule has 6 rings (SSSR count). The first-order valence-electron chi connectivity index (χ1n) is 12.5. The van der Waals surface area contributed by atoms with Crippen molar-refractivity contribution in [3.8, 4) is 11.5 Å². The van der Waals surface area contributed by atoms with Gasteiger partial charge in [0.1, 0.15) is 28.6 Å². The zero-order valence-electron chi connectivity index (χ0n) is 20.8. The number of non-ortho nitro benzene ring substituents is 1. The van der Waals surface area contributed by atoms with E-state index in [0.717, 1.165) is 41.8 Å². The van der Waals surface area contributed by atoms with Gasteiger partial charge in [0.15, 0.2) is 6.04 Å². The molecule has 1 aliphatic heterocycles. The molecular weight excluding hydrogens is 531 g/mol. The molecule has 40 heavy (non-hydrogen) atoms. The van der Waals surface area contributed by atoms with Gasteiger partial charge in [0.25, 0.3) is 11.6 Å². The molecule has 206 valence electrons. The molecule has 0 fully saturated rings. The third kappa shape index (κ3) is 4.85. The van der Waals surface area contributed by atoms with E-state index in [2.05, 4.69) is 15.7 Å². The summed E-state index contributed by atoms with van der Waals surface area (Å²) in [6.45, 7) is 0. The van der Waals surface area contributed by atoms with Crippen molar-refractivity contribution in [1.29, 1.82) is 0 Å². The van der Waals surface area contributed by atoms with Crippen molar-refractivity contribution < 1.29 is 32.0 Å². The number of furan rings is 1. The van der Waals surface area contributed by atoms with Crippen molar-refractivity contribution in [2.75, 3.05) is 10.6 Å². The van der Waals surface area contributed by atoms with E-state index in [9.17, 15) is 28.1 Å². The van der Waals surface area contributed by atoms with E-state index in [1.54, 1.807) is 18.2 Å². The quantitative estimate of drug-likeness (QED) is 0.204. The molecule has 2 aliphatic rings. The number of nitro benzene ring substituents is 1. The number of nitrogens with zero attached hydrogens (tertiary/aromatic N) is 3. The number of aryl methyl sites for hydroxylation is 2. The van der Waals surface area contributed by atoms with Gasteiger partial charge in [-0.3, -0.25) is 14.9 Å². The highest BCUT2D eigenvalue weighted by molar-refractivity contribution is 6.07. The maximum atomic E-state index is 13.9. The number of ether oxygens (including phenoxy) is 1. The van der Waals surface area contributed by atoms with Gasteiger partial charge in [-0.25, -0.2) is 4.68 Å². The summed E-state index contributed by atoms with van der Waals surface area (Å²) in [5.74, 6) is -0.0607. The molecule has 1 aliphatic carbocycles. The Hall–Kier alpha value is -4.81. The van der Waals surface area contributed by atoms with Crippen molar-refractivity contribution in [2.24, 2.45) is 0 Å². The third-order valence-corrected chi connectivity index (χ3v) is 7.04. The Morgan fingerprint density at radius 3 is 2.73 bits per heavy atom.